The third-order valence-electron chi connectivity index (χ3n) is 4.87. The van der Waals surface area contributed by atoms with Crippen LogP contribution in [0.4, 0.5) is 5.69 Å². The monoisotopic (exact) mass is 376 g/mol. The van der Waals surface area contributed by atoms with Gasteiger partial charge in [0.2, 0.25) is 5.91 Å². The van der Waals surface area contributed by atoms with E-state index in [0.717, 1.165) is 18.4 Å². The number of rotatable bonds is 6. The van der Waals surface area contributed by atoms with Crippen molar-refractivity contribution in [2.45, 2.75) is 39.5 Å². The fourth-order valence-electron chi connectivity index (χ4n) is 3.32. The van der Waals surface area contributed by atoms with Crippen molar-refractivity contribution in [3.63, 3.8) is 0 Å². The number of carbonyl (C=O) groups is 1. The lowest BCUT2D eigenvalue weighted by atomic mass is 9.89. The molecule has 3 aromatic rings. The molecule has 28 heavy (non-hydrogen) atoms. The van der Waals surface area contributed by atoms with Gasteiger partial charge in [0.25, 0.3) is 5.56 Å². The SMILES string of the molecule is CCc1cccc(C(C)C(=O)Nc2cnc(-c3ccccn3)[nH]c2=O)c1CC. The van der Waals surface area contributed by atoms with Gasteiger partial charge in [-0.1, -0.05) is 38.1 Å². The summed E-state index contributed by atoms with van der Waals surface area (Å²) in [6.45, 7) is 6.05. The molecular weight excluding hydrogens is 352 g/mol. The Morgan fingerprint density at radius 1 is 1.11 bits per heavy atom. The first-order valence-electron chi connectivity index (χ1n) is 9.47. The number of aromatic nitrogens is 3. The van der Waals surface area contributed by atoms with E-state index in [-0.39, 0.29) is 17.5 Å². The summed E-state index contributed by atoms with van der Waals surface area (Å²) >= 11 is 0. The zero-order valence-electron chi connectivity index (χ0n) is 16.3. The molecule has 1 aromatic carbocycles. The summed E-state index contributed by atoms with van der Waals surface area (Å²) in [5.74, 6) is -0.252. The lowest BCUT2D eigenvalue weighted by molar-refractivity contribution is -0.117. The Kier molecular flexibility index (Phi) is 5.99. The Balaban J connectivity index is 1.83. The predicted molar refractivity (Wildman–Crippen MR) is 110 cm³/mol. The van der Waals surface area contributed by atoms with Gasteiger partial charge in [-0.05, 0) is 48.6 Å². The number of H-pyrrole nitrogens is 1. The molecule has 0 saturated carbocycles. The van der Waals surface area contributed by atoms with Crippen LogP contribution in [-0.4, -0.2) is 20.9 Å². The second kappa shape index (κ2) is 8.61. The van der Waals surface area contributed by atoms with Gasteiger partial charge in [-0.2, -0.15) is 0 Å². The Labute approximate surface area is 164 Å². The highest BCUT2D eigenvalue weighted by molar-refractivity contribution is 5.95. The number of nitrogens with one attached hydrogen (secondary N) is 2. The predicted octanol–water partition coefficient (Wildman–Crippen LogP) is 3.70. The minimum Gasteiger partial charge on any atom is -0.320 e. The number of benzene rings is 1. The van der Waals surface area contributed by atoms with Gasteiger partial charge in [0, 0.05) is 6.20 Å². The Hall–Kier alpha value is -3.28. The van der Waals surface area contributed by atoms with Crippen LogP contribution in [-0.2, 0) is 17.6 Å². The van der Waals surface area contributed by atoms with Gasteiger partial charge in [-0.3, -0.25) is 14.6 Å². The minimum absolute atomic E-state index is 0.126. The van der Waals surface area contributed by atoms with Crippen molar-refractivity contribution in [2.24, 2.45) is 0 Å². The summed E-state index contributed by atoms with van der Waals surface area (Å²) in [5.41, 5.74) is 3.73. The van der Waals surface area contributed by atoms with E-state index in [1.807, 2.05) is 25.1 Å². The normalized spacial score (nSPS) is 11.8. The summed E-state index contributed by atoms with van der Waals surface area (Å²) in [6.07, 6.45) is 4.78. The Bertz CT molecular complexity index is 1030. The highest BCUT2D eigenvalue weighted by atomic mass is 16.2. The molecule has 6 heteroatoms. The topological polar surface area (TPSA) is 87.7 Å². The van der Waals surface area contributed by atoms with Crippen molar-refractivity contribution in [3.05, 3.63) is 75.8 Å². The molecule has 0 radical (unpaired) electrons. The summed E-state index contributed by atoms with van der Waals surface area (Å²) in [5, 5.41) is 2.71. The molecule has 0 aliphatic heterocycles. The molecule has 1 atom stereocenters. The van der Waals surface area contributed by atoms with Crippen LogP contribution in [0.5, 0.6) is 0 Å². The van der Waals surface area contributed by atoms with Crippen molar-refractivity contribution in [1.82, 2.24) is 15.0 Å². The van der Waals surface area contributed by atoms with Gasteiger partial charge in [0.1, 0.15) is 11.4 Å². The average Bonchev–Trinajstić information content (AvgIpc) is 2.74. The average molecular weight is 376 g/mol. The maximum Gasteiger partial charge on any atom is 0.274 e. The van der Waals surface area contributed by atoms with Crippen molar-refractivity contribution in [2.75, 3.05) is 5.32 Å². The molecule has 0 aliphatic rings. The van der Waals surface area contributed by atoms with E-state index in [2.05, 4.69) is 40.2 Å². The summed E-state index contributed by atoms with van der Waals surface area (Å²) < 4.78 is 0. The highest BCUT2D eigenvalue weighted by Gasteiger charge is 2.20. The third-order valence-corrected chi connectivity index (χ3v) is 4.87. The Morgan fingerprint density at radius 3 is 2.57 bits per heavy atom. The first kappa shape index (κ1) is 19.5. The Morgan fingerprint density at radius 2 is 1.93 bits per heavy atom. The first-order chi connectivity index (χ1) is 13.5. The summed E-state index contributed by atoms with van der Waals surface area (Å²) in [4.78, 5) is 36.2. The molecule has 2 aromatic heterocycles. The third kappa shape index (κ3) is 4.01. The van der Waals surface area contributed by atoms with Crippen molar-refractivity contribution in [3.8, 4) is 11.5 Å². The maximum absolute atomic E-state index is 12.8. The van der Waals surface area contributed by atoms with Gasteiger partial charge in [0.15, 0.2) is 5.82 Å². The summed E-state index contributed by atoms with van der Waals surface area (Å²) in [7, 11) is 0. The molecule has 0 spiro atoms. The zero-order chi connectivity index (χ0) is 20.1. The van der Waals surface area contributed by atoms with Crippen LogP contribution < -0.4 is 10.9 Å². The molecule has 144 valence electrons. The number of anilines is 1. The standard InChI is InChI=1S/C22H24N4O2/c1-4-15-9-8-10-17(16(15)5-2)14(3)21(27)25-19-13-24-20(26-22(19)28)18-11-6-7-12-23-18/h6-14H,4-5H2,1-3H3,(H,25,27)(H,24,26,28). The lowest BCUT2D eigenvalue weighted by Crippen LogP contribution is -2.25. The van der Waals surface area contributed by atoms with E-state index in [9.17, 15) is 9.59 Å². The van der Waals surface area contributed by atoms with Crippen LogP contribution in [0, 0.1) is 0 Å². The van der Waals surface area contributed by atoms with E-state index >= 15 is 0 Å². The van der Waals surface area contributed by atoms with Crippen LogP contribution in [0.1, 0.15) is 43.4 Å². The molecule has 3 rings (SSSR count). The molecule has 0 fully saturated rings. The smallest absolute Gasteiger partial charge is 0.274 e. The van der Waals surface area contributed by atoms with E-state index in [1.54, 1.807) is 18.3 Å². The molecule has 1 amide bonds. The zero-order valence-corrected chi connectivity index (χ0v) is 16.3. The number of hydrogen-bond acceptors (Lipinski definition) is 4. The fourth-order valence-corrected chi connectivity index (χ4v) is 3.32. The lowest BCUT2D eigenvalue weighted by Gasteiger charge is -2.18. The van der Waals surface area contributed by atoms with E-state index < -0.39 is 5.56 Å². The molecule has 0 bridgehead atoms. The fraction of sp³-hybridized carbons (Fsp3) is 0.273. The molecule has 0 aliphatic carbocycles. The maximum atomic E-state index is 12.8. The van der Waals surface area contributed by atoms with Crippen LogP contribution in [0.15, 0.2) is 53.6 Å². The molecule has 2 N–H and O–H groups in total. The van der Waals surface area contributed by atoms with Crippen LogP contribution >= 0.6 is 0 Å². The molecule has 1 unspecified atom stereocenters. The van der Waals surface area contributed by atoms with Gasteiger partial charge < -0.3 is 10.3 Å². The van der Waals surface area contributed by atoms with Crippen molar-refractivity contribution in [1.29, 1.82) is 0 Å². The highest BCUT2D eigenvalue weighted by Crippen LogP contribution is 2.25. The van der Waals surface area contributed by atoms with Crippen molar-refractivity contribution < 1.29 is 4.79 Å². The number of hydrogen-bond donors (Lipinski definition) is 2. The second-order valence-electron chi connectivity index (χ2n) is 6.59. The van der Waals surface area contributed by atoms with E-state index in [4.69, 9.17) is 0 Å². The minimum atomic E-state index is -0.408. The van der Waals surface area contributed by atoms with Gasteiger partial charge >= 0.3 is 0 Å². The van der Waals surface area contributed by atoms with E-state index in [0.29, 0.717) is 11.5 Å². The van der Waals surface area contributed by atoms with E-state index in [1.165, 1.54) is 17.3 Å². The van der Waals surface area contributed by atoms with Gasteiger partial charge in [-0.25, -0.2) is 4.98 Å². The van der Waals surface area contributed by atoms with Gasteiger partial charge in [0.05, 0.1) is 12.1 Å². The van der Waals surface area contributed by atoms with Crippen LogP contribution in [0.25, 0.3) is 11.5 Å². The second-order valence-corrected chi connectivity index (χ2v) is 6.59. The number of aromatic amines is 1. The molecule has 0 saturated heterocycles. The molecule has 6 nitrogen and oxygen atoms in total. The number of aryl methyl sites for hydroxylation is 1. The molecular formula is C22H24N4O2. The number of pyridine rings is 1. The number of amides is 1. The largest absolute Gasteiger partial charge is 0.320 e. The van der Waals surface area contributed by atoms with Crippen molar-refractivity contribution >= 4 is 11.6 Å². The molecule has 2 heterocycles. The quantitative estimate of drug-likeness (QED) is 0.687. The first-order valence-corrected chi connectivity index (χ1v) is 9.47. The number of nitrogens with zero attached hydrogens (tertiary/aromatic N) is 2. The summed E-state index contributed by atoms with van der Waals surface area (Å²) in [6, 6.07) is 11.4. The van der Waals surface area contributed by atoms with Crippen LogP contribution in [0.2, 0.25) is 0 Å². The number of carbonyl (C=O) groups excluding carboxylic acids is 1. The van der Waals surface area contributed by atoms with Gasteiger partial charge in [-0.15, -0.1) is 0 Å². The van der Waals surface area contributed by atoms with Crippen LogP contribution in [0.3, 0.4) is 0 Å².